The van der Waals surface area contributed by atoms with Crippen molar-refractivity contribution in [2.45, 2.75) is 38.8 Å². The number of hydrogen-bond donors (Lipinski definition) is 2. The summed E-state index contributed by atoms with van der Waals surface area (Å²) in [4.78, 5) is 7.40. The fourth-order valence-corrected chi connectivity index (χ4v) is 4.07. The summed E-state index contributed by atoms with van der Waals surface area (Å²) in [5.41, 5.74) is 0. The van der Waals surface area contributed by atoms with E-state index in [4.69, 9.17) is 19.2 Å². The van der Waals surface area contributed by atoms with E-state index in [9.17, 15) is 4.39 Å². The van der Waals surface area contributed by atoms with E-state index in [-0.39, 0.29) is 35.9 Å². The van der Waals surface area contributed by atoms with Crippen LogP contribution in [0.15, 0.2) is 29.3 Å². The number of rotatable bonds is 10. The van der Waals surface area contributed by atoms with E-state index in [1.807, 2.05) is 0 Å². The lowest BCUT2D eigenvalue weighted by Gasteiger charge is -2.36. The SMILES string of the molecule is CCNC(=NCC(C1CCOC1)N1CCOCC1)NCC(CC)Oc1cccc(F)c1.I. The van der Waals surface area contributed by atoms with Gasteiger partial charge in [-0.2, -0.15) is 0 Å². The average molecular weight is 564 g/mol. The second-order valence-electron chi connectivity index (χ2n) is 8.05. The Morgan fingerprint density at radius 3 is 2.69 bits per heavy atom. The number of morpholine rings is 1. The van der Waals surface area contributed by atoms with Gasteiger partial charge in [0.25, 0.3) is 0 Å². The third-order valence-electron chi connectivity index (χ3n) is 5.86. The largest absolute Gasteiger partial charge is 0.489 e. The zero-order chi connectivity index (χ0) is 21.9. The Labute approximate surface area is 208 Å². The van der Waals surface area contributed by atoms with Crippen molar-refractivity contribution in [3.05, 3.63) is 30.1 Å². The number of ether oxygens (including phenoxy) is 3. The first-order chi connectivity index (χ1) is 15.2. The quantitative estimate of drug-likeness (QED) is 0.259. The molecule has 2 aliphatic heterocycles. The lowest BCUT2D eigenvalue weighted by Crippen LogP contribution is -2.49. The highest BCUT2D eigenvalue weighted by Gasteiger charge is 2.31. The number of hydrogen-bond acceptors (Lipinski definition) is 5. The standard InChI is InChI=1S/C23H37FN4O3.HI/c1-3-20(31-21-7-5-6-19(24)14-21)15-26-23(25-4-2)27-16-22(18-8-11-30-17-18)28-9-12-29-13-10-28;/h5-7,14,18,20,22H,3-4,8-13,15-17H2,1-2H3,(H2,25,26,27);1H. The maximum absolute atomic E-state index is 13.4. The smallest absolute Gasteiger partial charge is 0.191 e. The van der Waals surface area contributed by atoms with E-state index in [2.05, 4.69) is 29.4 Å². The second kappa shape index (κ2) is 14.9. The monoisotopic (exact) mass is 564 g/mol. The van der Waals surface area contributed by atoms with Crippen molar-refractivity contribution < 1.29 is 18.6 Å². The van der Waals surface area contributed by atoms with Crippen LogP contribution < -0.4 is 15.4 Å². The van der Waals surface area contributed by atoms with Gasteiger partial charge in [-0.1, -0.05) is 13.0 Å². The van der Waals surface area contributed by atoms with Crippen LogP contribution in [-0.4, -0.2) is 82.2 Å². The minimum Gasteiger partial charge on any atom is -0.489 e. The summed E-state index contributed by atoms with van der Waals surface area (Å²) >= 11 is 0. The molecule has 2 fully saturated rings. The lowest BCUT2D eigenvalue weighted by molar-refractivity contribution is 0.00368. The van der Waals surface area contributed by atoms with Gasteiger partial charge in [-0.3, -0.25) is 9.89 Å². The van der Waals surface area contributed by atoms with Crippen LogP contribution in [0.1, 0.15) is 26.7 Å². The van der Waals surface area contributed by atoms with E-state index in [0.29, 0.717) is 30.8 Å². The first-order valence-corrected chi connectivity index (χ1v) is 11.5. The van der Waals surface area contributed by atoms with Crippen molar-refractivity contribution in [3.8, 4) is 5.75 Å². The molecule has 0 aromatic heterocycles. The van der Waals surface area contributed by atoms with Gasteiger partial charge >= 0.3 is 0 Å². The molecule has 1 aromatic rings. The van der Waals surface area contributed by atoms with Crippen LogP contribution in [-0.2, 0) is 9.47 Å². The molecule has 182 valence electrons. The van der Waals surface area contributed by atoms with Crippen molar-refractivity contribution in [1.29, 1.82) is 0 Å². The molecule has 2 N–H and O–H groups in total. The van der Waals surface area contributed by atoms with E-state index in [1.165, 1.54) is 12.1 Å². The molecule has 2 heterocycles. The Morgan fingerprint density at radius 1 is 1.22 bits per heavy atom. The van der Waals surface area contributed by atoms with Gasteiger partial charge < -0.3 is 24.8 Å². The zero-order valence-corrected chi connectivity index (χ0v) is 21.6. The molecule has 0 bridgehead atoms. The van der Waals surface area contributed by atoms with Crippen LogP contribution in [0, 0.1) is 11.7 Å². The topological polar surface area (TPSA) is 67.4 Å². The Balaban J connectivity index is 0.00000363. The van der Waals surface area contributed by atoms with Gasteiger partial charge in [-0.25, -0.2) is 4.39 Å². The first-order valence-electron chi connectivity index (χ1n) is 11.5. The second-order valence-corrected chi connectivity index (χ2v) is 8.05. The predicted octanol–water partition coefficient (Wildman–Crippen LogP) is 2.89. The first kappa shape index (κ1) is 27.1. The van der Waals surface area contributed by atoms with Gasteiger partial charge in [0.2, 0.25) is 0 Å². The highest BCUT2D eigenvalue weighted by atomic mass is 127. The van der Waals surface area contributed by atoms with Gasteiger partial charge in [0, 0.05) is 44.3 Å². The maximum Gasteiger partial charge on any atom is 0.191 e. The number of halogens is 2. The molecule has 7 nitrogen and oxygen atoms in total. The van der Waals surface area contributed by atoms with Crippen LogP contribution in [0.3, 0.4) is 0 Å². The summed E-state index contributed by atoms with van der Waals surface area (Å²) in [5, 5.41) is 6.73. The van der Waals surface area contributed by atoms with Crippen LogP contribution in [0.4, 0.5) is 4.39 Å². The average Bonchev–Trinajstić information content (AvgIpc) is 3.32. The molecule has 1 aromatic carbocycles. The number of nitrogens with one attached hydrogen (secondary N) is 2. The molecular weight excluding hydrogens is 526 g/mol. The van der Waals surface area contributed by atoms with Gasteiger partial charge in [-0.15, -0.1) is 24.0 Å². The molecule has 0 saturated carbocycles. The number of guanidine groups is 1. The van der Waals surface area contributed by atoms with Crippen LogP contribution >= 0.6 is 24.0 Å². The van der Waals surface area contributed by atoms with Crippen LogP contribution in [0.5, 0.6) is 5.75 Å². The number of benzene rings is 1. The Kier molecular flexibility index (Phi) is 12.6. The third-order valence-corrected chi connectivity index (χ3v) is 5.86. The summed E-state index contributed by atoms with van der Waals surface area (Å²) in [5.74, 6) is 1.54. The Bertz CT molecular complexity index is 685. The van der Waals surface area contributed by atoms with Crippen molar-refractivity contribution in [1.82, 2.24) is 15.5 Å². The molecule has 32 heavy (non-hydrogen) atoms. The zero-order valence-electron chi connectivity index (χ0n) is 19.2. The van der Waals surface area contributed by atoms with Crippen LogP contribution in [0.25, 0.3) is 0 Å². The highest BCUT2D eigenvalue weighted by molar-refractivity contribution is 14.0. The maximum atomic E-state index is 13.4. The summed E-state index contributed by atoms with van der Waals surface area (Å²) in [6.45, 7) is 11.3. The molecule has 0 aliphatic carbocycles. The van der Waals surface area contributed by atoms with E-state index in [0.717, 1.165) is 64.9 Å². The van der Waals surface area contributed by atoms with E-state index >= 15 is 0 Å². The molecule has 3 rings (SSSR count). The van der Waals surface area contributed by atoms with Gasteiger partial charge in [0.15, 0.2) is 5.96 Å². The van der Waals surface area contributed by atoms with Crippen molar-refractivity contribution >= 4 is 29.9 Å². The minimum atomic E-state index is -0.291. The Morgan fingerprint density at radius 2 is 2.03 bits per heavy atom. The van der Waals surface area contributed by atoms with Gasteiger partial charge in [0.05, 0.1) is 32.9 Å². The highest BCUT2D eigenvalue weighted by Crippen LogP contribution is 2.22. The number of aliphatic imine (C=N–C) groups is 1. The third kappa shape index (κ3) is 8.64. The normalized spacial score (nSPS) is 21.5. The van der Waals surface area contributed by atoms with E-state index in [1.54, 1.807) is 12.1 Å². The fourth-order valence-electron chi connectivity index (χ4n) is 4.07. The van der Waals surface area contributed by atoms with Crippen molar-refractivity contribution in [3.63, 3.8) is 0 Å². The van der Waals surface area contributed by atoms with Crippen molar-refractivity contribution in [2.24, 2.45) is 10.9 Å². The molecule has 0 amide bonds. The van der Waals surface area contributed by atoms with Gasteiger partial charge in [0.1, 0.15) is 17.7 Å². The molecule has 3 atom stereocenters. The predicted molar refractivity (Wildman–Crippen MR) is 136 cm³/mol. The molecule has 9 heteroatoms. The molecule has 2 aliphatic rings. The fraction of sp³-hybridized carbons (Fsp3) is 0.696. The molecule has 0 radical (unpaired) electrons. The minimum absolute atomic E-state index is 0. The van der Waals surface area contributed by atoms with E-state index < -0.39 is 0 Å². The molecule has 0 spiro atoms. The lowest BCUT2D eigenvalue weighted by atomic mass is 9.97. The molecule has 2 saturated heterocycles. The van der Waals surface area contributed by atoms with Gasteiger partial charge in [-0.05, 0) is 31.9 Å². The Hall–Kier alpha value is -1.17. The summed E-state index contributed by atoms with van der Waals surface area (Å²) < 4.78 is 30.6. The van der Waals surface area contributed by atoms with Crippen LogP contribution in [0.2, 0.25) is 0 Å². The van der Waals surface area contributed by atoms with Crippen molar-refractivity contribution in [2.75, 3.05) is 59.2 Å². The summed E-state index contributed by atoms with van der Waals surface area (Å²) in [7, 11) is 0. The number of nitrogens with zero attached hydrogens (tertiary/aromatic N) is 2. The molecule has 3 unspecified atom stereocenters. The summed E-state index contributed by atoms with van der Waals surface area (Å²) in [6, 6.07) is 6.63. The molecular formula is C23H38FIN4O3. The summed E-state index contributed by atoms with van der Waals surface area (Å²) in [6.07, 6.45) is 1.81.